The number of halogens is 6. The maximum Gasteiger partial charge on any atom is 0.435 e. The largest absolute Gasteiger partial charge is 0.435 e. The van der Waals surface area contributed by atoms with Gasteiger partial charge in [0.1, 0.15) is 11.9 Å². The van der Waals surface area contributed by atoms with Crippen molar-refractivity contribution >= 4 is 55.2 Å². The number of anilines is 2. The number of fused-ring (bicyclic) bond motifs is 10. The van der Waals surface area contributed by atoms with Crippen molar-refractivity contribution in [3.05, 3.63) is 70.3 Å². The van der Waals surface area contributed by atoms with E-state index in [1.54, 1.807) is 6.07 Å². The van der Waals surface area contributed by atoms with E-state index in [0.717, 1.165) is 75.0 Å². The Morgan fingerprint density at radius 2 is 1.34 bits per heavy atom. The maximum atomic E-state index is 15.3. The lowest BCUT2D eigenvalue weighted by molar-refractivity contribution is -0.141. The zero-order chi connectivity index (χ0) is 44.2. The molecule has 7 heterocycles. The molecule has 0 spiro atoms. The fraction of sp³-hybridized carbons (Fsp3) is 0.409. The second-order valence-corrected chi connectivity index (χ2v) is 17.2. The first kappa shape index (κ1) is 40.5. The van der Waals surface area contributed by atoms with E-state index in [0.29, 0.717) is 73.5 Å². The first-order chi connectivity index (χ1) is 30.8. The molecular weight excluding hydrogens is 841 g/mol. The third-order valence-corrected chi connectivity index (χ3v) is 13.4. The predicted molar refractivity (Wildman–Crippen MR) is 229 cm³/mol. The van der Waals surface area contributed by atoms with E-state index in [1.807, 2.05) is 47.0 Å². The number of aromatic nitrogens is 10. The lowest BCUT2D eigenvalue weighted by atomic mass is 9.85. The van der Waals surface area contributed by atoms with Crippen molar-refractivity contribution in [3.8, 4) is 22.5 Å². The van der Waals surface area contributed by atoms with Gasteiger partial charge in [0.25, 0.3) is 0 Å². The number of aryl methyl sites for hydroxylation is 2. The van der Waals surface area contributed by atoms with Gasteiger partial charge in [0, 0.05) is 43.7 Å². The van der Waals surface area contributed by atoms with Crippen LogP contribution < -0.4 is 9.80 Å². The maximum absolute atomic E-state index is 15.3. The van der Waals surface area contributed by atoms with E-state index >= 15 is 13.2 Å². The van der Waals surface area contributed by atoms with Crippen molar-refractivity contribution in [2.24, 2.45) is 0 Å². The molecule has 0 bridgehead atoms. The standard InChI is InChI=1S/C44H43F6N13O/c1-60-15-16-62(42-36-31(55-58-42)14-12-29-34(36)22-7-3-5-9-24(22)37(52-29)26-19-51-56-39(26)43(45,46)47)21-32(60)63-20-27(40(59-63)44(48,49)50)38-25-10-6-4-8-23(25)33-28(53-38)11-13-30-35(33)41(57-54-30)61(2)17-18-64/h11-14,19-20,32,64H,3-10,15-18,21H2,1-2H3,(H,51,56)(H,54,57)(H,55,58). The monoisotopic (exact) mass is 883 g/mol. The highest BCUT2D eigenvalue weighted by atomic mass is 19.4. The third-order valence-electron chi connectivity index (χ3n) is 13.4. The van der Waals surface area contributed by atoms with Crippen LogP contribution in [-0.2, 0) is 38.0 Å². The minimum atomic E-state index is -4.79. The average molecular weight is 884 g/mol. The summed E-state index contributed by atoms with van der Waals surface area (Å²) in [5.41, 5.74) is 4.33. The van der Waals surface area contributed by atoms with Gasteiger partial charge in [0.15, 0.2) is 17.3 Å². The van der Waals surface area contributed by atoms with Gasteiger partial charge in [-0.05, 0) is 105 Å². The van der Waals surface area contributed by atoms with Crippen LogP contribution in [0, 0.1) is 0 Å². The summed E-state index contributed by atoms with van der Waals surface area (Å²) in [7, 11) is 3.70. The molecule has 20 heteroatoms. The molecule has 11 rings (SSSR count). The van der Waals surface area contributed by atoms with E-state index < -0.39 is 29.9 Å². The van der Waals surface area contributed by atoms with Crippen LogP contribution in [0.1, 0.15) is 65.5 Å². The van der Waals surface area contributed by atoms with Crippen molar-refractivity contribution in [1.29, 1.82) is 0 Å². The van der Waals surface area contributed by atoms with E-state index in [-0.39, 0.29) is 35.7 Å². The van der Waals surface area contributed by atoms with Gasteiger partial charge in [-0.25, -0.2) is 9.97 Å². The summed E-state index contributed by atoms with van der Waals surface area (Å²) < 4.78 is 89.5. The quantitative estimate of drug-likeness (QED) is 0.116. The number of alkyl halides is 6. The fourth-order valence-electron chi connectivity index (χ4n) is 10.4. The zero-order valence-electron chi connectivity index (χ0n) is 34.9. The Bertz CT molecular complexity index is 3130. The van der Waals surface area contributed by atoms with Gasteiger partial charge >= 0.3 is 12.4 Å². The van der Waals surface area contributed by atoms with Gasteiger partial charge in [-0.3, -0.25) is 24.9 Å². The van der Waals surface area contributed by atoms with Crippen molar-refractivity contribution in [2.75, 3.05) is 56.7 Å². The number of benzene rings is 2. The van der Waals surface area contributed by atoms with Crippen LogP contribution >= 0.6 is 0 Å². The van der Waals surface area contributed by atoms with Crippen molar-refractivity contribution in [2.45, 2.75) is 69.9 Å². The Morgan fingerprint density at radius 1 is 0.734 bits per heavy atom. The topological polar surface area (TPSA) is 160 Å². The number of aliphatic hydroxyl groups excluding tert-OH is 1. The van der Waals surface area contributed by atoms with Crippen LogP contribution in [0.3, 0.4) is 0 Å². The Kier molecular flexibility index (Phi) is 9.43. The summed E-state index contributed by atoms with van der Waals surface area (Å²) in [5, 5.41) is 38.7. The number of likely N-dealkylation sites (N-methyl/N-ethyl adjacent to an activating group) is 2. The van der Waals surface area contributed by atoms with Gasteiger partial charge in [0.2, 0.25) is 0 Å². The van der Waals surface area contributed by atoms with Gasteiger partial charge < -0.3 is 14.9 Å². The summed E-state index contributed by atoms with van der Waals surface area (Å²) in [4.78, 5) is 15.7. The van der Waals surface area contributed by atoms with Crippen LogP contribution in [0.15, 0.2) is 36.7 Å². The molecule has 0 saturated carbocycles. The highest BCUT2D eigenvalue weighted by Gasteiger charge is 2.42. The number of pyridine rings is 2. The molecule has 6 aromatic heterocycles. The second kappa shape index (κ2) is 14.9. The molecule has 1 saturated heterocycles. The van der Waals surface area contributed by atoms with E-state index in [1.165, 1.54) is 17.1 Å². The molecule has 3 aliphatic rings. The molecule has 0 amide bonds. The zero-order valence-corrected chi connectivity index (χ0v) is 34.9. The number of hydrogen-bond acceptors (Lipinski definition) is 10. The van der Waals surface area contributed by atoms with Crippen LogP contribution in [0.5, 0.6) is 0 Å². The predicted octanol–water partition coefficient (Wildman–Crippen LogP) is 7.96. The molecule has 8 aromatic rings. The number of hydrogen-bond donors (Lipinski definition) is 4. The lowest BCUT2D eigenvalue weighted by Crippen LogP contribution is -2.49. The van der Waals surface area contributed by atoms with Gasteiger partial charge in [-0.1, -0.05) is 0 Å². The number of H-pyrrole nitrogens is 3. The Labute approximate surface area is 360 Å². The minimum absolute atomic E-state index is 0.0749. The number of nitrogens with one attached hydrogen (secondary N) is 3. The molecule has 14 nitrogen and oxygen atoms in total. The number of aromatic amines is 3. The molecule has 1 unspecified atom stereocenters. The van der Waals surface area contributed by atoms with Crippen molar-refractivity contribution < 1.29 is 31.4 Å². The molecule has 0 radical (unpaired) electrons. The van der Waals surface area contributed by atoms with Crippen molar-refractivity contribution in [3.63, 3.8) is 0 Å². The molecule has 1 aliphatic heterocycles. The van der Waals surface area contributed by atoms with Crippen LogP contribution in [0.4, 0.5) is 38.0 Å². The molecule has 2 aromatic carbocycles. The van der Waals surface area contributed by atoms with E-state index in [4.69, 9.17) is 15.1 Å². The van der Waals surface area contributed by atoms with Crippen LogP contribution in [0.25, 0.3) is 66.1 Å². The summed E-state index contributed by atoms with van der Waals surface area (Å²) >= 11 is 0. The van der Waals surface area contributed by atoms with Gasteiger partial charge in [-0.2, -0.15) is 46.7 Å². The number of nitrogens with zero attached hydrogens (tertiary/aromatic N) is 10. The number of rotatable bonds is 7. The van der Waals surface area contributed by atoms with Crippen LogP contribution in [-0.4, -0.2) is 107 Å². The van der Waals surface area contributed by atoms with E-state index in [2.05, 4.69) is 30.6 Å². The highest BCUT2D eigenvalue weighted by molar-refractivity contribution is 6.14. The minimum Gasteiger partial charge on any atom is -0.395 e. The Morgan fingerprint density at radius 3 is 1.98 bits per heavy atom. The smallest absolute Gasteiger partial charge is 0.395 e. The number of piperazine rings is 1. The molecule has 2 aliphatic carbocycles. The SMILES string of the molecule is CN(CCO)c1n[nH]c2ccc3nc(-c4cn(C5CN(c6n[nH]c7ccc8nc(-c9cn[nH]c9C(F)(F)F)c9c(c8c67)CCCC9)CCN5C)nc4C(F)(F)F)c4c(c3c12)CCCC4. The molecule has 64 heavy (non-hydrogen) atoms. The summed E-state index contributed by atoms with van der Waals surface area (Å²) in [6.45, 7) is 1.47. The first-order valence-electron chi connectivity index (χ1n) is 21.5. The van der Waals surface area contributed by atoms with Crippen molar-refractivity contribution in [1.82, 2.24) is 55.2 Å². The Hall–Kier alpha value is -6.28. The second-order valence-electron chi connectivity index (χ2n) is 17.2. The molecule has 332 valence electrons. The highest BCUT2D eigenvalue weighted by Crippen LogP contribution is 2.46. The molecule has 4 N–H and O–H groups in total. The van der Waals surface area contributed by atoms with Gasteiger partial charge in [0.05, 0.1) is 74.7 Å². The average Bonchev–Trinajstić information content (AvgIpc) is 4.11. The van der Waals surface area contributed by atoms with E-state index in [9.17, 15) is 18.3 Å². The third kappa shape index (κ3) is 6.38. The normalized spacial score (nSPS) is 17.6. The molecule has 1 fully saturated rings. The molecule has 1 atom stereocenters. The lowest BCUT2D eigenvalue weighted by Gasteiger charge is -2.39. The van der Waals surface area contributed by atoms with Crippen LogP contribution in [0.2, 0.25) is 0 Å². The first-order valence-corrected chi connectivity index (χ1v) is 21.5. The summed E-state index contributed by atoms with van der Waals surface area (Å²) in [6, 6.07) is 7.25. The molecular formula is C44H43F6N13O. The number of aliphatic hydroxyl groups is 1. The Balaban J connectivity index is 1.02. The van der Waals surface area contributed by atoms with Gasteiger partial charge in [-0.15, -0.1) is 0 Å². The summed E-state index contributed by atoms with van der Waals surface area (Å²) in [6.07, 6.45) is -1.72. The fourth-order valence-corrected chi connectivity index (χ4v) is 10.4. The summed E-state index contributed by atoms with van der Waals surface area (Å²) in [5.74, 6) is 1.22.